The van der Waals surface area contributed by atoms with E-state index in [4.69, 9.17) is 0 Å². The van der Waals surface area contributed by atoms with E-state index in [2.05, 4.69) is 51.0 Å². The van der Waals surface area contributed by atoms with Crippen molar-refractivity contribution in [3.05, 3.63) is 64.4 Å². The number of piperazine rings is 1. The van der Waals surface area contributed by atoms with Crippen LogP contribution in [-0.4, -0.2) is 36.1 Å². The molecule has 2 aromatic carbocycles. The van der Waals surface area contributed by atoms with Crippen LogP contribution in [0.25, 0.3) is 10.9 Å². The molecule has 0 amide bonds. The maximum absolute atomic E-state index is 12.2. The molecule has 0 spiro atoms. The van der Waals surface area contributed by atoms with Crippen molar-refractivity contribution in [1.29, 1.82) is 0 Å². The van der Waals surface area contributed by atoms with Gasteiger partial charge in [-0.15, -0.1) is 0 Å². The molecule has 0 aliphatic carbocycles. The molecule has 5 nitrogen and oxygen atoms in total. The van der Waals surface area contributed by atoms with Gasteiger partial charge in [-0.05, 0) is 31.2 Å². The van der Waals surface area contributed by atoms with Crippen LogP contribution >= 0.6 is 0 Å². The van der Waals surface area contributed by atoms with E-state index in [0.717, 1.165) is 31.7 Å². The molecule has 4 rings (SSSR count). The minimum absolute atomic E-state index is 0.0726. The highest BCUT2D eigenvalue weighted by Gasteiger charge is 2.19. The summed E-state index contributed by atoms with van der Waals surface area (Å²) in [5, 5.41) is 0.638. The average molecular weight is 320 g/mol. The van der Waals surface area contributed by atoms with Crippen molar-refractivity contribution < 1.29 is 0 Å². The summed E-state index contributed by atoms with van der Waals surface area (Å²) in [6.45, 7) is 5.62. The van der Waals surface area contributed by atoms with Gasteiger partial charge in [0.25, 0.3) is 5.56 Å². The van der Waals surface area contributed by atoms with Crippen molar-refractivity contribution in [3.63, 3.8) is 0 Å². The maximum Gasteiger partial charge on any atom is 0.260 e. The number of nitrogens with zero attached hydrogens (tertiary/aromatic N) is 3. The monoisotopic (exact) mass is 320 g/mol. The summed E-state index contributed by atoms with van der Waals surface area (Å²) in [5.74, 6) is 0.669. The quantitative estimate of drug-likeness (QED) is 0.788. The number of benzene rings is 2. The first-order valence-electron chi connectivity index (χ1n) is 8.26. The predicted molar refractivity (Wildman–Crippen MR) is 98.0 cm³/mol. The minimum Gasteiger partial charge on any atom is -0.368 e. The van der Waals surface area contributed by atoms with Crippen molar-refractivity contribution in [2.75, 3.05) is 36.0 Å². The van der Waals surface area contributed by atoms with E-state index in [1.807, 2.05) is 18.2 Å². The van der Waals surface area contributed by atoms with Crippen LogP contribution in [-0.2, 0) is 0 Å². The molecule has 1 fully saturated rings. The lowest BCUT2D eigenvalue weighted by Gasteiger charge is -2.36. The first-order valence-corrected chi connectivity index (χ1v) is 8.26. The van der Waals surface area contributed by atoms with Crippen molar-refractivity contribution in [2.24, 2.45) is 0 Å². The third-order valence-corrected chi connectivity index (χ3v) is 4.58. The molecule has 0 atom stereocenters. The molecule has 0 bridgehead atoms. The van der Waals surface area contributed by atoms with Gasteiger partial charge in [-0.2, -0.15) is 0 Å². The molecule has 0 unspecified atom stereocenters. The summed E-state index contributed by atoms with van der Waals surface area (Å²) >= 11 is 0. The molecule has 0 radical (unpaired) electrons. The molecule has 3 aromatic rings. The number of aromatic amines is 1. The smallest absolute Gasteiger partial charge is 0.260 e. The zero-order chi connectivity index (χ0) is 16.5. The van der Waals surface area contributed by atoms with Crippen LogP contribution < -0.4 is 15.4 Å². The Balaban J connectivity index is 1.53. The topological polar surface area (TPSA) is 52.2 Å². The Morgan fingerprint density at radius 1 is 0.917 bits per heavy atom. The molecule has 1 aliphatic heterocycles. The number of fused-ring (bicyclic) bond motifs is 1. The number of H-pyrrole nitrogens is 1. The number of hydrogen-bond acceptors (Lipinski definition) is 4. The second kappa shape index (κ2) is 6.00. The van der Waals surface area contributed by atoms with Gasteiger partial charge in [0, 0.05) is 31.9 Å². The Bertz CT molecular complexity index is 909. The van der Waals surface area contributed by atoms with Crippen molar-refractivity contribution >= 4 is 22.5 Å². The number of nitrogens with one attached hydrogen (secondary N) is 1. The zero-order valence-corrected chi connectivity index (χ0v) is 13.7. The van der Waals surface area contributed by atoms with Gasteiger partial charge in [0.05, 0.1) is 10.9 Å². The summed E-state index contributed by atoms with van der Waals surface area (Å²) in [7, 11) is 0. The molecule has 1 aromatic heterocycles. The van der Waals surface area contributed by atoms with Crippen LogP contribution in [0.15, 0.2) is 53.3 Å². The highest BCUT2D eigenvalue weighted by molar-refractivity contribution is 5.78. The number of aryl methyl sites for hydroxylation is 1. The van der Waals surface area contributed by atoms with Crippen LogP contribution in [0.5, 0.6) is 0 Å². The molecular weight excluding hydrogens is 300 g/mol. The zero-order valence-electron chi connectivity index (χ0n) is 13.7. The molecule has 24 heavy (non-hydrogen) atoms. The average Bonchev–Trinajstić information content (AvgIpc) is 2.62. The Morgan fingerprint density at radius 2 is 1.58 bits per heavy atom. The first-order chi connectivity index (χ1) is 11.7. The lowest BCUT2D eigenvalue weighted by atomic mass is 10.2. The molecule has 1 aliphatic rings. The van der Waals surface area contributed by atoms with Crippen LogP contribution in [0.2, 0.25) is 0 Å². The van der Waals surface area contributed by atoms with Crippen LogP contribution in [0.1, 0.15) is 5.56 Å². The Labute approximate surface area is 140 Å². The number of aromatic nitrogens is 2. The van der Waals surface area contributed by atoms with Crippen molar-refractivity contribution in [2.45, 2.75) is 6.92 Å². The molecule has 1 N–H and O–H groups in total. The van der Waals surface area contributed by atoms with Gasteiger partial charge in [-0.25, -0.2) is 4.98 Å². The largest absolute Gasteiger partial charge is 0.368 e. The first kappa shape index (κ1) is 14.8. The van der Waals surface area contributed by atoms with Crippen LogP contribution in [0.4, 0.5) is 11.6 Å². The molecule has 2 heterocycles. The molecule has 0 saturated carbocycles. The molecule has 122 valence electrons. The SMILES string of the molecule is Cc1ccc(N2CCN(c3nc4ccccc4c(=O)[nH]3)CC2)cc1. The molecule has 5 heteroatoms. The standard InChI is InChI=1S/C19H20N4O/c1-14-6-8-15(9-7-14)22-10-12-23(13-11-22)19-20-17-5-3-2-4-16(17)18(24)21-19/h2-9H,10-13H2,1H3,(H,20,21,24). The predicted octanol–water partition coefficient (Wildman–Crippen LogP) is 2.56. The fourth-order valence-electron chi connectivity index (χ4n) is 3.16. The third kappa shape index (κ3) is 2.73. The minimum atomic E-state index is -0.0726. The van der Waals surface area contributed by atoms with Crippen LogP contribution in [0, 0.1) is 6.92 Å². The lowest BCUT2D eigenvalue weighted by Crippen LogP contribution is -2.47. The van der Waals surface area contributed by atoms with Gasteiger partial charge >= 0.3 is 0 Å². The summed E-state index contributed by atoms with van der Waals surface area (Å²) in [4.78, 5) is 24.3. The highest BCUT2D eigenvalue weighted by atomic mass is 16.1. The number of hydrogen-bond donors (Lipinski definition) is 1. The van der Waals surface area contributed by atoms with E-state index < -0.39 is 0 Å². The summed E-state index contributed by atoms with van der Waals surface area (Å²) < 4.78 is 0. The number of para-hydroxylation sites is 1. The number of anilines is 2. The van der Waals surface area contributed by atoms with E-state index in [9.17, 15) is 4.79 Å². The highest BCUT2D eigenvalue weighted by Crippen LogP contribution is 2.19. The Hall–Kier alpha value is -2.82. The maximum atomic E-state index is 12.2. The summed E-state index contributed by atoms with van der Waals surface area (Å²) in [5.41, 5.74) is 3.20. The van der Waals surface area contributed by atoms with E-state index in [1.54, 1.807) is 6.07 Å². The third-order valence-electron chi connectivity index (χ3n) is 4.58. The molecular formula is C19H20N4O. The van der Waals surface area contributed by atoms with Crippen LogP contribution in [0.3, 0.4) is 0 Å². The van der Waals surface area contributed by atoms with Gasteiger partial charge in [0.15, 0.2) is 0 Å². The lowest BCUT2D eigenvalue weighted by molar-refractivity contribution is 0.640. The van der Waals surface area contributed by atoms with Gasteiger partial charge in [0.1, 0.15) is 0 Å². The number of rotatable bonds is 2. The summed E-state index contributed by atoms with van der Waals surface area (Å²) in [6, 6.07) is 16.1. The van der Waals surface area contributed by atoms with Gasteiger partial charge < -0.3 is 9.80 Å². The van der Waals surface area contributed by atoms with Gasteiger partial charge in [-0.3, -0.25) is 9.78 Å². The molecule has 1 saturated heterocycles. The van der Waals surface area contributed by atoms with E-state index >= 15 is 0 Å². The fraction of sp³-hybridized carbons (Fsp3) is 0.263. The van der Waals surface area contributed by atoms with Gasteiger partial charge in [-0.1, -0.05) is 29.8 Å². The van der Waals surface area contributed by atoms with Crippen molar-refractivity contribution in [1.82, 2.24) is 9.97 Å². The second-order valence-corrected chi connectivity index (χ2v) is 6.22. The van der Waals surface area contributed by atoms with E-state index in [1.165, 1.54) is 11.3 Å². The van der Waals surface area contributed by atoms with Gasteiger partial charge in [0.2, 0.25) is 5.95 Å². The second-order valence-electron chi connectivity index (χ2n) is 6.22. The van der Waals surface area contributed by atoms with E-state index in [-0.39, 0.29) is 5.56 Å². The van der Waals surface area contributed by atoms with E-state index in [0.29, 0.717) is 11.3 Å². The normalized spacial score (nSPS) is 15.0. The Kier molecular flexibility index (Phi) is 3.69. The Morgan fingerprint density at radius 3 is 2.33 bits per heavy atom. The fourth-order valence-corrected chi connectivity index (χ4v) is 3.16. The van der Waals surface area contributed by atoms with Crippen molar-refractivity contribution in [3.8, 4) is 0 Å². The summed E-state index contributed by atoms with van der Waals surface area (Å²) in [6.07, 6.45) is 0.